The molecule has 0 bridgehead atoms. The Hall–Kier alpha value is -2.23. The Morgan fingerprint density at radius 3 is 2.60 bits per heavy atom. The van der Waals surface area contributed by atoms with Gasteiger partial charge in [-0.25, -0.2) is 13.1 Å². The van der Waals surface area contributed by atoms with Crippen LogP contribution >= 0.6 is 0 Å². The molecule has 0 unspecified atom stereocenters. The van der Waals surface area contributed by atoms with Crippen molar-refractivity contribution in [3.8, 4) is 6.07 Å². The summed E-state index contributed by atoms with van der Waals surface area (Å²) in [5.41, 5.74) is 1.13. The lowest BCUT2D eigenvalue weighted by molar-refractivity contribution is 0.567. The monoisotopic (exact) mass is 287 g/mol. The SMILES string of the molecule is C[C@@H](NS(=O)(=O)c1cccc(C#N)c1)c1ccncc1. The Bertz CT molecular complexity index is 737. The van der Waals surface area contributed by atoms with Gasteiger partial charge >= 0.3 is 0 Å². The number of pyridine rings is 1. The number of rotatable bonds is 4. The molecule has 0 aliphatic heterocycles. The van der Waals surface area contributed by atoms with E-state index in [1.165, 1.54) is 12.1 Å². The van der Waals surface area contributed by atoms with Gasteiger partial charge in [-0.3, -0.25) is 4.98 Å². The molecule has 0 aliphatic rings. The third-order valence-electron chi connectivity index (χ3n) is 2.81. The van der Waals surface area contributed by atoms with Crippen LogP contribution in [0.15, 0.2) is 53.7 Å². The van der Waals surface area contributed by atoms with Crippen LogP contribution in [0.3, 0.4) is 0 Å². The average Bonchev–Trinajstić information content (AvgIpc) is 2.48. The van der Waals surface area contributed by atoms with Crippen LogP contribution in [0, 0.1) is 11.3 Å². The molecule has 1 aromatic carbocycles. The number of hydrogen-bond donors (Lipinski definition) is 1. The molecule has 1 heterocycles. The second-order valence-electron chi connectivity index (χ2n) is 4.26. The number of benzene rings is 1. The molecule has 1 aromatic heterocycles. The summed E-state index contributed by atoms with van der Waals surface area (Å²) >= 11 is 0. The number of nitriles is 1. The normalized spacial score (nSPS) is 12.6. The lowest BCUT2D eigenvalue weighted by atomic mass is 10.1. The van der Waals surface area contributed by atoms with E-state index in [9.17, 15) is 8.42 Å². The van der Waals surface area contributed by atoms with Gasteiger partial charge in [0.1, 0.15) is 0 Å². The summed E-state index contributed by atoms with van der Waals surface area (Å²) in [4.78, 5) is 3.97. The molecule has 20 heavy (non-hydrogen) atoms. The van der Waals surface area contributed by atoms with E-state index in [2.05, 4.69) is 9.71 Å². The van der Waals surface area contributed by atoms with E-state index in [0.717, 1.165) is 5.56 Å². The molecule has 5 nitrogen and oxygen atoms in total. The molecule has 0 aliphatic carbocycles. The summed E-state index contributed by atoms with van der Waals surface area (Å²) < 4.78 is 27.1. The predicted octanol–water partition coefficient (Wildman–Crippen LogP) is 1.99. The first-order valence-electron chi connectivity index (χ1n) is 5.95. The predicted molar refractivity (Wildman–Crippen MR) is 74.1 cm³/mol. The maximum atomic E-state index is 12.2. The molecule has 0 fully saturated rings. The van der Waals surface area contributed by atoms with Crippen molar-refractivity contribution in [1.29, 1.82) is 5.26 Å². The van der Waals surface area contributed by atoms with Gasteiger partial charge in [-0.05, 0) is 42.8 Å². The molecule has 0 radical (unpaired) electrons. The van der Waals surface area contributed by atoms with Gasteiger partial charge in [0, 0.05) is 18.4 Å². The molecule has 102 valence electrons. The highest BCUT2D eigenvalue weighted by atomic mass is 32.2. The minimum absolute atomic E-state index is 0.0810. The van der Waals surface area contributed by atoms with Gasteiger partial charge in [-0.1, -0.05) is 6.07 Å². The number of nitrogens with zero attached hydrogens (tertiary/aromatic N) is 2. The molecule has 2 aromatic rings. The van der Waals surface area contributed by atoms with Crippen LogP contribution in [-0.2, 0) is 10.0 Å². The summed E-state index contributed by atoms with van der Waals surface area (Å²) in [7, 11) is -3.66. The molecule has 0 amide bonds. The van der Waals surface area contributed by atoms with E-state index in [-0.39, 0.29) is 10.9 Å². The van der Waals surface area contributed by atoms with Crippen LogP contribution in [0.5, 0.6) is 0 Å². The highest BCUT2D eigenvalue weighted by molar-refractivity contribution is 7.89. The molecular formula is C14H13N3O2S. The number of hydrogen-bond acceptors (Lipinski definition) is 4. The summed E-state index contributed by atoms with van der Waals surface area (Å²) in [5, 5.41) is 8.82. The quantitative estimate of drug-likeness (QED) is 0.932. The summed E-state index contributed by atoms with van der Waals surface area (Å²) in [6.45, 7) is 1.75. The molecule has 0 saturated heterocycles. The van der Waals surface area contributed by atoms with Crippen molar-refractivity contribution in [3.05, 3.63) is 59.9 Å². The van der Waals surface area contributed by atoms with Gasteiger partial charge in [0.25, 0.3) is 0 Å². The van der Waals surface area contributed by atoms with Gasteiger partial charge < -0.3 is 0 Å². The van der Waals surface area contributed by atoms with Crippen molar-refractivity contribution in [2.24, 2.45) is 0 Å². The van der Waals surface area contributed by atoms with E-state index in [0.29, 0.717) is 5.56 Å². The Morgan fingerprint density at radius 2 is 1.95 bits per heavy atom. The lowest BCUT2D eigenvalue weighted by Gasteiger charge is -2.14. The standard InChI is InChI=1S/C14H13N3O2S/c1-11(13-5-7-16-8-6-13)17-20(18,19)14-4-2-3-12(9-14)10-15/h2-9,11,17H,1H3/t11-/m1/s1. The Balaban J connectivity index is 2.25. The highest BCUT2D eigenvalue weighted by Crippen LogP contribution is 2.17. The number of nitrogens with one attached hydrogen (secondary N) is 1. The van der Waals surface area contributed by atoms with Gasteiger partial charge in [-0.15, -0.1) is 0 Å². The highest BCUT2D eigenvalue weighted by Gasteiger charge is 2.18. The summed E-state index contributed by atoms with van der Waals surface area (Å²) in [6, 6.07) is 11.0. The fourth-order valence-electron chi connectivity index (χ4n) is 1.75. The molecular weight excluding hydrogens is 274 g/mol. The topological polar surface area (TPSA) is 82.9 Å². The maximum Gasteiger partial charge on any atom is 0.241 e. The molecule has 1 atom stereocenters. The fraction of sp³-hybridized carbons (Fsp3) is 0.143. The molecule has 0 spiro atoms. The Labute approximate surface area is 118 Å². The third-order valence-corrected chi connectivity index (χ3v) is 4.35. The molecule has 6 heteroatoms. The van der Waals surface area contributed by atoms with Gasteiger partial charge in [0.05, 0.1) is 16.5 Å². The third kappa shape index (κ3) is 3.20. The van der Waals surface area contributed by atoms with E-state index in [1.807, 2.05) is 6.07 Å². The first-order valence-corrected chi connectivity index (χ1v) is 7.43. The van der Waals surface area contributed by atoms with Crippen LogP contribution in [-0.4, -0.2) is 13.4 Å². The van der Waals surface area contributed by atoms with Crippen molar-refractivity contribution >= 4 is 10.0 Å². The first-order chi connectivity index (χ1) is 9.53. The van der Waals surface area contributed by atoms with Gasteiger partial charge in [0.2, 0.25) is 10.0 Å². The van der Waals surface area contributed by atoms with Crippen LogP contribution in [0.25, 0.3) is 0 Å². The van der Waals surface area contributed by atoms with Crippen LogP contribution in [0.2, 0.25) is 0 Å². The number of aromatic nitrogens is 1. The molecule has 1 N–H and O–H groups in total. The second-order valence-corrected chi connectivity index (χ2v) is 5.98. The first kappa shape index (κ1) is 14.2. The lowest BCUT2D eigenvalue weighted by Crippen LogP contribution is -2.26. The molecule has 2 rings (SSSR count). The van der Waals surface area contributed by atoms with Crippen molar-refractivity contribution < 1.29 is 8.42 Å². The molecule has 0 saturated carbocycles. The Morgan fingerprint density at radius 1 is 1.25 bits per heavy atom. The summed E-state index contributed by atoms with van der Waals surface area (Å²) in [5.74, 6) is 0. The summed E-state index contributed by atoms with van der Waals surface area (Å²) in [6.07, 6.45) is 3.22. The van der Waals surface area contributed by atoms with Crippen molar-refractivity contribution in [3.63, 3.8) is 0 Å². The zero-order valence-electron chi connectivity index (χ0n) is 10.8. The van der Waals surface area contributed by atoms with Crippen molar-refractivity contribution in [2.75, 3.05) is 0 Å². The number of sulfonamides is 1. The van der Waals surface area contributed by atoms with Crippen molar-refractivity contribution in [2.45, 2.75) is 17.9 Å². The van der Waals surface area contributed by atoms with E-state index in [4.69, 9.17) is 5.26 Å². The van der Waals surface area contributed by atoms with Crippen LogP contribution in [0.1, 0.15) is 24.1 Å². The zero-order valence-corrected chi connectivity index (χ0v) is 11.6. The van der Waals surface area contributed by atoms with Crippen molar-refractivity contribution in [1.82, 2.24) is 9.71 Å². The van der Waals surface area contributed by atoms with E-state index in [1.54, 1.807) is 43.6 Å². The van der Waals surface area contributed by atoms with E-state index >= 15 is 0 Å². The minimum atomic E-state index is -3.66. The largest absolute Gasteiger partial charge is 0.265 e. The second kappa shape index (κ2) is 5.82. The van der Waals surface area contributed by atoms with Gasteiger partial charge in [-0.2, -0.15) is 5.26 Å². The van der Waals surface area contributed by atoms with Crippen LogP contribution < -0.4 is 4.72 Å². The maximum absolute atomic E-state index is 12.2. The average molecular weight is 287 g/mol. The van der Waals surface area contributed by atoms with E-state index < -0.39 is 10.0 Å². The van der Waals surface area contributed by atoms with Gasteiger partial charge in [0.15, 0.2) is 0 Å². The zero-order chi connectivity index (χ0) is 14.6. The Kier molecular flexibility index (Phi) is 4.13. The fourth-order valence-corrected chi connectivity index (χ4v) is 3.03. The minimum Gasteiger partial charge on any atom is -0.265 e. The van der Waals surface area contributed by atoms with Crippen LogP contribution in [0.4, 0.5) is 0 Å². The smallest absolute Gasteiger partial charge is 0.241 e.